The summed E-state index contributed by atoms with van der Waals surface area (Å²) in [6.07, 6.45) is 3.36. The first-order valence-electron chi connectivity index (χ1n) is 8.07. The number of carbonyl (C=O) groups is 3. The first-order chi connectivity index (χ1) is 12.1. The molecule has 126 valence electrons. The first-order valence-corrected chi connectivity index (χ1v) is 9.05. The summed E-state index contributed by atoms with van der Waals surface area (Å²) in [4.78, 5) is 42.4. The SMILES string of the molecule is O=C(CSc1ccc2c(c1)CCC2)ON1C(=O)c2ccccc2C1=O. The number of carbonyl (C=O) groups excluding carboxylic acids is 3. The van der Waals surface area contributed by atoms with E-state index in [1.54, 1.807) is 24.3 Å². The Labute approximate surface area is 148 Å². The topological polar surface area (TPSA) is 63.7 Å². The summed E-state index contributed by atoms with van der Waals surface area (Å²) < 4.78 is 0. The van der Waals surface area contributed by atoms with Gasteiger partial charge >= 0.3 is 5.97 Å². The summed E-state index contributed by atoms with van der Waals surface area (Å²) in [5.74, 6) is -1.79. The van der Waals surface area contributed by atoms with Crippen LogP contribution in [0.5, 0.6) is 0 Å². The number of hydrogen-bond donors (Lipinski definition) is 0. The smallest absolute Gasteiger partial charge is 0.329 e. The van der Waals surface area contributed by atoms with E-state index in [0.29, 0.717) is 5.06 Å². The number of imide groups is 1. The quantitative estimate of drug-likeness (QED) is 0.624. The maximum absolute atomic E-state index is 12.2. The Bertz CT molecular complexity index is 858. The van der Waals surface area contributed by atoms with E-state index in [1.165, 1.54) is 29.3 Å². The van der Waals surface area contributed by atoms with E-state index in [2.05, 4.69) is 12.1 Å². The van der Waals surface area contributed by atoms with Gasteiger partial charge in [-0.2, -0.15) is 0 Å². The summed E-state index contributed by atoms with van der Waals surface area (Å²) in [5, 5.41) is 0.552. The van der Waals surface area contributed by atoms with Crippen LogP contribution in [-0.4, -0.2) is 28.6 Å². The molecule has 1 heterocycles. The lowest BCUT2D eigenvalue weighted by molar-refractivity contribution is -0.165. The van der Waals surface area contributed by atoms with Crippen LogP contribution in [0.2, 0.25) is 0 Å². The van der Waals surface area contributed by atoms with Gasteiger partial charge in [-0.05, 0) is 54.7 Å². The average molecular weight is 353 g/mol. The van der Waals surface area contributed by atoms with Crippen LogP contribution in [0.4, 0.5) is 0 Å². The van der Waals surface area contributed by atoms with E-state index in [1.807, 2.05) is 6.07 Å². The molecule has 0 unspecified atom stereocenters. The van der Waals surface area contributed by atoms with Crippen LogP contribution in [0.3, 0.4) is 0 Å². The van der Waals surface area contributed by atoms with Crippen LogP contribution in [0.25, 0.3) is 0 Å². The zero-order valence-electron chi connectivity index (χ0n) is 13.4. The minimum Gasteiger partial charge on any atom is -0.329 e. The summed E-state index contributed by atoms with van der Waals surface area (Å²) >= 11 is 1.34. The molecule has 0 N–H and O–H groups in total. The van der Waals surface area contributed by atoms with Crippen molar-refractivity contribution in [1.29, 1.82) is 0 Å². The van der Waals surface area contributed by atoms with Gasteiger partial charge in [0.15, 0.2) is 0 Å². The third kappa shape index (κ3) is 2.93. The number of amides is 2. The maximum atomic E-state index is 12.2. The predicted molar refractivity (Wildman–Crippen MR) is 92.2 cm³/mol. The molecule has 0 fully saturated rings. The fraction of sp³-hybridized carbons (Fsp3) is 0.211. The van der Waals surface area contributed by atoms with Gasteiger partial charge in [-0.15, -0.1) is 11.8 Å². The molecule has 1 aliphatic heterocycles. The molecule has 2 amide bonds. The fourth-order valence-corrected chi connectivity index (χ4v) is 3.89. The van der Waals surface area contributed by atoms with Crippen molar-refractivity contribution in [3.63, 3.8) is 0 Å². The van der Waals surface area contributed by atoms with Crippen molar-refractivity contribution in [1.82, 2.24) is 5.06 Å². The fourth-order valence-electron chi connectivity index (χ4n) is 3.16. The molecular formula is C19H15NO4S. The molecule has 25 heavy (non-hydrogen) atoms. The van der Waals surface area contributed by atoms with Gasteiger partial charge in [-0.3, -0.25) is 9.59 Å². The van der Waals surface area contributed by atoms with E-state index in [4.69, 9.17) is 4.84 Å². The van der Waals surface area contributed by atoms with Crippen LogP contribution in [0.1, 0.15) is 38.3 Å². The van der Waals surface area contributed by atoms with E-state index in [0.717, 1.165) is 17.7 Å². The zero-order valence-corrected chi connectivity index (χ0v) is 14.2. The summed E-state index contributed by atoms with van der Waals surface area (Å²) in [7, 11) is 0. The monoisotopic (exact) mass is 353 g/mol. The van der Waals surface area contributed by atoms with Crippen molar-refractivity contribution in [2.45, 2.75) is 24.2 Å². The van der Waals surface area contributed by atoms with Crippen LogP contribution >= 0.6 is 11.8 Å². The number of rotatable bonds is 4. The van der Waals surface area contributed by atoms with Gasteiger partial charge < -0.3 is 4.84 Å². The lowest BCUT2D eigenvalue weighted by Crippen LogP contribution is -2.33. The molecule has 2 aliphatic rings. The Kier molecular flexibility index (Phi) is 4.05. The largest absolute Gasteiger partial charge is 0.343 e. The van der Waals surface area contributed by atoms with Crippen LogP contribution < -0.4 is 0 Å². The molecule has 0 bridgehead atoms. The molecule has 1 aliphatic carbocycles. The highest BCUT2D eigenvalue weighted by molar-refractivity contribution is 8.00. The molecule has 6 heteroatoms. The van der Waals surface area contributed by atoms with Crippen molar-refractivity contribution in [2.75, 3.05) is 5.75 Å². The molecule has 0 spiro atoms. The van der Waals surface area contributed by atoms with Crippen molar-refractivity contribution in [2.24, 2.45) is 0 Å². The summed E-state index contributed by atoms with van der Waals surface area (Å²) in [6.45, 7) is 0. The van der Waals surface area contributed by atoms with Crippen LogP contribution in [-0.2, 0) is 22.5 Å². The Morgan fingerprint density at radius 1 is 1.00 bits per heavy atom. The van der Waals surface area contributed by atoms with Crippen LogP contribution in [0, 0.1) is 0 Å². The molecule has 0 aromatic heterocycles. The molecule has 0 saturated carbocycles. The minimum absolute atomic E-state index is 0.0339. The lowest BCUT2D eigenvalue weighted by Gasteiger charge is -2.12. The van der Waals surface area contributed by atoms with Gasteiger partial charge in [0.2, 0.25) is 0 Å². The van der Waals surface area contributed by atoms with E-state index in [-0.39, 0.29) is 16.9 Å². The van der Waals surface area contributed by atoms with Gasteiger partial charge in [0, 0.05) is 4.90 Å². The molecule has 2 aromatic carbocycles. The lowest BCUT2D eigenvalue weighted by atomic mass is 10.1. The molecule has 0 saturated heterocycles. The second kappa shape index (κ2) is 6.37. The number of fused-ring (bicyclic) bond motifs is 2. The van der Waals surface area contributed by atoms with Gasteiger partial charge in [0.25, 0.3) is 11.8 Å². The number of hydrogen-bond acceptors (Lipinski definition) is 5. The van der Waals surface area contributed by atoms with Gasteiger partial charge in [-0.1, -0.05) is 23.3 Å². The third-order valence-electron chi connectivity index (χ3n) is 4.38. The Hall–Kier alpha value is -2.60. The highest BCUT2D eigenvalue weighted by Crippen LogP contribution is 2.28. The van der Waals surface area contributed by atoms with Gasteiger partial charge in [0.05, 0.1) is 16.9 Å². The van der Waals surface area contributed by atoms with E-state index < -0.39 is 17.8 Å². The Morgan fingerprint density at radius 3 is 2.40 bits per heavy atom. The van der Waals surface area contributed by atoms with Gasteiger partial charge in [0.1, 0.15) is 0 Å². The Morgan fingerprint density at radius 2 is 1.68 bits per heavy atom. The van der Waals surface area contributed by atoms with E-state index in [9.17, 15) is 14.4 Å². The first kappa shape index (κ1) is 15.9. The molecule has 2 aromatic rings. The third-order valence-corrected chi connectivity index (χ3v) is 5.34. The highest BCUT2D eigenvalue weighted by atomic mass is 32.2. The van der Waals surface area contributed by atoms with Crippen molar-refractivity contribution in [3.05, 3.63) is 64.7 Å². The molecule has 5 nitrogen and oxygen atoms in total. The number of benzene rings is 2. The molecule has 0 radical (unpaired) electrons. The molecule has 4 rings (SSSR count). The summed E-state index contributed by atoms with van der Waals surface area (Å²) in [6, 6.07) is 12.6. The average Bonchev–Trinajstić information content (AvgIpc) is 3.19. The van der Waals surface area contributed by atoms with E-state index >= 15 is 0 Å². The standard InChI is InChI=1S/C19H15NO4S/c21-17(11-25-14-9-8-12-4-3-5-13(12)10-14)24-20-18(22)15-6-1-2-7-16(15)19(20)23/h1-2,6-10H,3-5,11H2. The van der Waals surface area contributed by atoms with Gasteiger partial charge in [-0.25, -0.2) is 4.79 Å². The number of aryl methyl sites for hydroxylation is 2. The maximum Gasteiger partial charge on any atom is 0.343 e. The predicted octanol–water partition coefficient (Wildman–Crippen LogP) is 3.02. The number of thioether (sulfide) groups is 1. The van der Waals surface area contributed by atoms with Crippen LogP contribution in [0.15, 0.2) is 47.4 Å². The second-order valence-corrected chi connectivity index (χ2v) is 7.04. The molecular weight excluding hydrogens is 338 g/mol. The zero-order chi connectivity index (χ0) is 17.4. The van der Waals surface area contributed by atoms with Crippen molar-refractivity contribution in [3.8, 4) is 0 Å². The number of nitrogens with zero attached hydrogens (tertiary/aromatic N) is 1. The normalized spacial score (nSPS) is 15.3. The highest BCUT2D eigenvalue weighted by Gasteiger charge is 2.38. The second-order valence-electron chi connectivity index (χ2n) is 5.99. The molecule has 0 atom stereocenters. The Balaban J connectivity index is 1.38. The van der Waals surface area contributed by atoms with Crippen molar-refractivity contribution >= 4 is 29.5 Å². The number of hydroxylamine groups is 2. The summed E-state index contributed by atoms with van der Waals surface area (Å²) in [5.41, 5.74) is 3.22. The van der Waals surface area contributed by atoms with Crippen molar-refractivity contribution < 1.29 is 19.2 Å². The minimum atomic E-state index is -0.625.